The van der Waals surface area contributed by atoms with Crippen molar-refractivity contribution in [3.8, 4) is 0 Å². The van der Waals surface area contributed by atoms with Gasteiger partial charge in [0.15, 0.2) is 0 Å². The van der Waals surface area contributed by atoms with Crippen LogP contribution in [0, 0.1) is 0 Å². The van der Waals surface area contributed by atoms with Gasteiger partial charge in [0.05, 0.1) is 10.8 Å². The number of aldehydes is 1. The molecule has 0 aliphatic heterocycles. The molecule has 2 heteroatoms. The average Bonchev–Trinajstić information content (AvgIpc) is 3.53. The van der Waals surface area contributed by atoms with Gasteiger partial charge in [-0.2, -0.15) is 0 Å². The van der Waals surface area contributed by atoms with Gasteiger partial charge in [0, 0.05) is 4.88 Å². The Labute approximate surface area is 188 Å². The molecule has 3 aromatic carbocycles. The molecule has 0 N–H and O–H groups in total. The zero-order valence-electron chi connectivity index (χ0n) is 17.5. The van der Waals surface area contributed by atoms with Crippen molar-refractivity contribution in [1.82, 2.24) is 0 Å². The van der Waals surface area contributed by atoms with Crippen molar-refractivity contribution in [3.63, 3.8) is 0 Å². The van der Waals surface area contributed by atoms with Crippen LogP contribution in [0.4, 0.5) is 0 Å². The molecular weight excluding hydrogens is 396 g/mol. The number of carbonyl (C=O) groups excluding carboxylic acids is 1. The lowest BCUT2D eigenvalue weighted by Gasteiger charge is -2.39. The van der Waals surface area contributed by atoms with Crippen molar-refractivity contribution in [2.45, 2.75) is 36.5 Å². The number of hydrogen-bond acceptors (Lipinski definition) is 2. The van der Waals surface area contributed by atoms with Crippen LogP contribution in [0.5, 0.6) is 0 Å². The molecule has 1 heterocycles. The van der Waals surface area contributed by atoms with Crippen LogP contribution in [0.25, 0.3) is 0 Å². The molecule has 0 amide bonds. The molecular formula is C29H26OS. The van der Waals surface area contributed by atoms with Crippen molar-refractivity contribution in [1.29, 1.82) is 0 Å². The Hall–Kier alpha value is -2.97. The van der Waals surface area contributed by atoms with Crippen LogP contribution in [0.15, 0.2) is 102 Å². The number of hydrogen-bond donors (Lipinski definition) is 0. The predicted molar refractivity (Wildman–Crippen MR) is 129 cm³/mol. The minimum atomic E-state index is -0.474. The Morgan fingerprint density at radius 3 is 1.55 bits per heavy atom. The van der Waals surface area contributed by atoms with Crippen LogP contribution in [0.3, 0.4) is 0 Å². The van der Waals surface area contributed by atoms with Gasteiger partial charge in [-0.3, -0.25) is 0 Å². The van der Waals surface area contributed by atoms with Gasteiger partial charge in [-0.05, 0) is 46.5 Å². The van der Waals surface area contributed by atoms with E-state index in [1.165, 1.54) is 33.4 Å². The summed E-state index contributed by atoms with van der Waals surface area (Å²) in [5, 5.41) is 2.18. The summed E-state index contributed by atoms with van der Waals surface area (Å²) in [7, 11) is 0. The van der Waals surface area contributed by atoms with Gasteiger partial charge in [-0.15, -0.1) is 11.3 Å². The summed E-state index contributed by atoms with van der Waals surface area (Å²) in [6.07, 6.45) is 5.36. The lowest BCUT2D eigenvalue weighted by atomic mass is 9.63. The molecule has 0 radical (unpaired) electrons. The minimum Gasteiger partial charge on any atom is -0.302 e. The maximum Gasteiger partial charge on any atom is 0.131 e. The van der Waals surface area contributed by atoms with E-state index in [1.807, 2.05) is 0 Å². The maximum absolute atomic E-state index is 12.5. The molecule has 0 spiro atoms. The molecule has 1 aromatic heterocycles. The average molecular weight is 423 g/mol. The fourth-order valence-electron chi connectivity index (χ4n) is 5.43. The molecule has 0 saturated heterocycles. The molecule has 1 saturated carbocycles. The number of thiophene rings is 1. The van der Waals surface area contributed by atoms with Crippen LogP contribution >= 0.6 is 11.3 Å². The summed E-state index contributed by atoms with van der Waals surface area (Å²) >= 11 is 1.75. The highest BCUT2D eigenvalue weighted by atomic mass is 32.1. The highest BCUT2D eigenvalue weighted by Crippen LogP contribution is 2.52. The van der Waals surface area contributed by atoms with E-state index in [9.17, 15) is 4.79 Å². The first kappa shape index (κ1) is 20.0. The third-order valence-electron chi connectivity index (χ3n) is 6.86. The first-order chi connectivity index (χ1) is 15.3. The topological polar surface area (TPSA) is 17.1 Å². The maximum atomic E-state index is 12.5. The first-order valence-corrected chi connectivity index (χ1v) is 11.9. The van der Waals surface area contributed by atoms with Crippen molar-refractivity contribution in [2.24, 2.45) is 0 Å². The predicted octanol–water partition coefficient (Wildman–Crippen LogP) is 7.14. The highest BCUT2D eigenvalue weighted by Gasteiger charge is 2.46. The fraction of sp³-hybridized carbons (Fsp3) is 0.207. The number of benzene rings is 3. The highest BCUT2D eigenvalue weighted by molar-refractivity contribution is 7.10. The molecule has 1 nitrogen and oxygen atoms in total. The summed E-state index contributed by atoms with van der Waals surface area (Å²) in [5.41, 5.74) is 4.09. The Kier molecular flexibility index (Phi) is 5.33. The summed E-state index contributed by atoms with van der Waals surface area (Å²) < 4.78 is 0. The van der Waals surface area contributed by atoms with Gasteiger partial charge in [-0.25, -0.2) is 0 Å². The second-order valence-electron chi connectivity index (χ2n) is 8.49. The first-order valence-electron chi connectivity index (χ1n) is 11.0. The van der Waals surface area contributed by atoms with E-state index < -0.39 is 5.41 Å². The van der Waals surface area contributed by atoms with E-state index in [1.54, 1.807) is 11.3 Å². The third kappa shape index (κ3) is 3.18. The van der Waals surface area contributed by atoms with Gasteiger partial charge in [0.1, 0.15) is 6.29 Å². The standard InChI is InChI=1S/C29H26OS/c30-22-28(19-10-11-20-28)27-26(18-21-31-27)29(23-12-4-1-5-13-23,24-14-6-2-7-15-24)25-16-8-3-9-17-25/h1-9,12-18,21-22H,10-11,19-20H2. The molecule has 5 rings (SSSR count). The van der Waals surface area contributed by atoms with E-state index in [-0.39, 0.29) is 5.41 Å². The van der Waals surface area contributed by atoms with E-state index in [0.29, 0.717) is 0 Å². The molecule has 0 unspecified atom stereocenters. The zero-order chi connectivity index (χ0) is 21.2. The van der Waals surface area contributed by atoms with Gasteiger partial charge >= 0.3 is 0 Å². The molecule has 31 heavy (non-hydrogen) atoms. The third-order valence-corrected chi connectivity index (χ3v) is 8.00. The summed E-state index contributed by atoms with van der Waals surface area (Å²) in [4.78, 5) is 13.8. The zero-order valence-corrected chi connectivity index (χ0v) is 18.4. The molecule has 0 atom stereocenters. The number of carbonyl (C=O) groups is 1. The van der Waals surface area contributed by atoms with Crippen LogP contribution in [0.2, 0.25) is 0 Å². The second kappa shape index (κ2) is 8.28. The van der Waals surface area contributed by atoms with Crippen LogP contribution in [0.1, 0.15) is 52.8 Å². The summed E-state index contributed by atoms with van der Waals surface area (Å²) in [5.74, 6) is 0. The van der Waals surface area contributed by atoms with Crippen LogP contribution < -0.4 is 0 Å². The smallest absolute Gasteiger partial charge is 0.131 e. The normalized spacial score (nSPS) is 15.6. The van der Waals surface area contributed by atoms with Crippen molar-refractivity contribution in [2.75, 3.05) is 0 Å². The summed E-state index contributed by atoms with van der Waals surface area (Å²) in [6.45, 7) is 0. The lowest BCUT2D eigenvalue weighted by molar-refractivity contribution is -0.112. The van der Waals surface area contributed by atoms with Crippen LogP contribution in [-0.2, 0) is 15.6 Å². The minimum absolute atomic E-state index is 0.368. The fourth-order valence-corrected chi connectivity index (χ4v) is 6.60. The Balaban J connectivity index is 1.89. The van der Waals surface area contributed by atoms with Gasteiger partial charge < -0.3 is 4.79 Å². The molecule has 1 aliphatic carbocycles. The molecule has 4 aromatic rings. The van der Waals surface area contributed by atoms with Gasteiger partial charge in [0.2, 0.25) is 0 Å². The molecule has 1 aliphatic rings. The largest absolute Gasteiger partial charge is 0.302 e. The van der Waals surface area contributed by atoms with Crippen molar-refractivity contribution in [3.05, 3.63) is 130 Å². The van der Waals surface area contributed by atoms with Crippen molar-refractivity contribution < 1.29 is 4.79 Å². The monoisotopic (exact) mass is 422 g/mol. The van der Waals surface area contributed by atoms with Crippen LogP contribution in [-0.4, -0.2) is 6.29 Å². The van der Waals surface area contributed by atoms with E-state index in [4.69, 9.17) is 0 Å². The van der Waals surface area contributed by atoms with Gasteiger partial charge in [0.25, 0.3) is 0 Å². The Morgan fingerprint density at radius 1 is 0.677 bits per heavy atom. The van der Waals surface area contributed by atoms with E-state index in [0.717, 1.165) is 25.7 Å². The Bertz CT molecular complexity index is 1040. The molecule has 154 valence electrons. The number of rotatable bonds is 6. The quantitative estimate of drug-likeness (QED) is 0.238. The van der Waals surface area contributed by atoms with E-state index >= 15 is 0 Å². The SMILES string of the molecule is O=CC1(c2sccc2C(c2ccccc2)(c2ccccc2)c2ccccc2)CCCC1. The molecule has 1 fully saturated rings. The molecule has 0 bridgehead atoms. The van der Waals surface area contributed by atoms with Crippen molar-refractivity contribution >= 4 is 17.6 Å². The van der Waals surface area contributed by atoms with E-state index in [2.05, 4.69) is 102 Å². The summed E-state index contributed by atoms with van der Waals surface area (Å²) in [6, 6.07) is 34.5. The second-order valence-corrected chi connectivity index (χ2v) is 9.41. The Morgan fingerprint density at radius 2 is 1.13 bits per heavy atom. The lowest BCUT2D eigenvalue weighted by Crippen LogP contribution is -2.35. The van der Waals surface area contributed by atoms with Gasteiger partial charge in [-0.1, -0.05) is 104 Å².